The fraction of sp³-hybridized carbons (Fsp3) is 1.00. The molecule has 0 fully saturated rings. The van der Waals surface area contributed by atoms with Crippen LogP contribution in [0.25, 0.3) is 0 Å². The van der Waals surface area contributed by atoms with Crippen LogP contribution in [0.5, 0.6) is 0 Å². The van der Waals surface area contributed by atoms with Gasteiger partial charge in [0.05, 0.1) is 12.2 Å². The largest absolute Gasteiger partial charge is 0.460 e. The lowest BCUT2D eigenvalue weighted by Gasteiger charge is -2.44. The summed E-state index contributed by atoms with van der Waals surface area (Å²) in [5.74, 6) is -59.8. The van der Waals surface area contributed by atoms with Crippen molar-refractivity contribution >= 4 is 0 Å². The van der Waals surface area contributed by atoms with Crippen LogP contribution in [-0.2, 0) is 9.47 Å². The Morgan fingerprint density at radius 2 is 0.783 bits per heavy atom. The molecule has 0 bridgehead atoms. The zero-order valence-electron chi connectivity index (χ0n) is 25.8. The quantitative estimate of drug-likeness (QED) is 0.0668. The highest BCUT2D eigenvalue weighted by Gasteiger charge is 2.95. The Morgan fingerprint density at radius 1 is 0.435 bits per heavy atom. The molecule has 2 nitrogen and oxygen atoms in total. The molecule has 0 saturated carbocycles. The van der Waals surface area contributed by atoms with Gasteiger partial charge in [-0.2, -0.15) is 74.6 Å². The number of hydrogen-bond donors (Lipinski definition) is 0. The average molecular weight is 719 g/mol. The van der Waals surface area contributed by atoms with Crippen LogP contribution < -0.4 is 0 Å². The predicted molar refractivity (Wildman–Crippen MR) is 132 cm³/mol. The van der Waals surface area contributed by atoms with E-state index in [-0.39, 0.29) is 6.42 Å². The van der Waals surface area contributed by atoms with Gasteiger partial charge >= 0.3 is 47.6 Å². The van der Waals surface area contributed by atoms with E-state index in [4.69, 9.17) is 9.47 Å². The maximum absolute atomic E-state index is 14.8. The summed E-state index contributed by atoms with van der Waals surface area (Å²) >= 11 is 0. The molecule has 1 atom stereocenters. The first-order valence-corrected chi connectivity index (χ1v) is 14.3. The van der Waals surface area contributed by atoms with Gasteiger partial charge in [-0.15, -0.1) is 0 Å². The van der Waals surface area contributed by atoms with Crippen LogP contribution in [0.1, 0.15) is 99.3 Å². The molecule has 0 saturated heterocycles. The zero-order chi connectivity index (χ0) is 37.0. The summed E-state index contributed by atoms with van der Waals surface area (Å²) in [6.07, 6.45) is -9.22. The second kappa shape index (κ2) is 15.1. The molecule has 0 N–H and O–H groups in total. The maximum Gasteiger partial charge on any atom is 0.460 e. The number of alkyl halides is 17. The Hall–Kier alpha value is -1.27. The standard InChI is InChI=1S/C27H39F17O2/c1-7-8-9-10-11-12-13-18(6)19(45-16(2)3,46-17(4)5)14-15-20(28,29)21(30,31)22(32,33)23(34,35)24(36,37)25(38,39)26(40,41)27(42,43)44/h16-18H,7-15H2,1-6H3. The number of ether oxygens (including phenoxy) is 2. The highest BCUT2D eigenvalue weighted by atomic mass is 19.4. The molecule has 0 aromatic rings. The second-order valence-electron chi connectivity index (χ2n) is 11.8. The van der Waals surface area contributed by atoms with Crippen LogP contribution >= 0.6 is 0 Å². The number of unbranched alkanes of at least 4 members (excludes halogenated alkanes) is 5. The second-order valence-corrected chi connectivity index (χ2v) is 11.8. The third kappa shape index (κ3) is 8.65. The summed E-state index contributed by atoms with van der Waals surface area (Å²) in [6, 6.07) is 0. The molecule has 0 aliphatic carbocycles. The number of halogens is 17. The Bertz CT molecular complexity index is 920. The van der Waals surface area contributed by atoms with Crippen molar-refractivity contribution in [3.8, 4) is 0 Å². The number of hydrogen-bond acceptors (Lipinski definition) is 2. The van der Waals surface area contributed by atoms with E-state index in [0.717, 1.165) is 25.7 Å². The highest BCUT2D eigenvalue weighted by Crippen LogP contribution is 2.64. The molecule has 0 heterocycles. The first kappa shape index (κ1) is 44.7. The van der Waals surface area contributed by atoms with Crippen molar-refractivity contribution in [2.75, 3.05) is 0 Å². The topological polar surface area (TPSA) is 18.5 Å². The van der Waals surface area contributed by atoms with E-state index in [1.54, 1.807) is 0 Å². The van der Waals surface area contributed by atoms with E-state index < -0.39 is 84.4 Å². The van der Waals surface area contributed by atoms with E-state index in [1.807, 2.05) is 6.92 Å². The summed E-state index contributed by atoms with van der Waals surface area (Å²) < 4.78 is 244. The monoisotopic (exact) mass is 718 g/mol. The third-order valence-corrected chi connectivity index (χ3v) is 7.19. The minimum Gasteiger partial charge on any atom is -0.347 e. The Kier molecular flexibility index (Phi) is 14.7. The van der Waals surface area contributed by atoms with Crippen molar-refractivity contribution in [2.24, 2.45) is 5.92 Å². The van der Waals surface area contributed by atoms with Crippen LogP contribution in [0.4, 0.5) is 74.6 Å². The minimum absolute atomic E-state index is 0.108. The summed E-state index contributed by atoms with van der Waals surface area (Å²) in [5, 5.41) is 0. The molecule has 0 rings (SSSR count). The van der Waals surface area contributed by atoms with Crippen LogP contribution in [-0.4, -0.2) is 65.6 Å². The molecule has 0 aromatic carbocycles. The molecule has 0 aliphatic rings. The van der Waals surface area contributed by atoms with Crippen molar-refractivity contribution in [3.05, 3.63) is 0 Å². The van der Waals surface area contributed by atoms with E-state index in [1.165, 1.54) is 34.6 Å². The van der Waals surface area contributed by atoms with Gasteiger partial charge in [-0.1, -0.05) is 52.4 Å². The summed E-state index contributed by atoms with van der Waals surface area (Å²) in [4.78, 5) is 0. The molecule has 1 unspecified atom stereocenters. The van der Waals surface area contributed by atoms with Crippen LogP contribution in [0.2, 0.25) is 0 Å². The van der Waals surface area contributed by atoms with Crippen molar-refractivity contribution in [2.45, 2.75) is 165 Å². The predicted octanol–water partition coefficient (Wildman–Crippen LogP) is 11.7. The Balaban J connectivity index is 6.63. The number of rotatable bonds is 21. The van der Waals surface area contributed by atoms with Crippen molar-refractivity contribution < 1.29 is 84.1 Å². The summed E-state index contributed by atoms with van der Waals surface area (Å²) in [7, 11) is 0. The fourth-order valence-corrected chi connectivity index (χ4v) is 4.56. The van der Waals surface area contributed by atoms with Crippen LogP contribution in [0.15, 0.2) is 0 Å². The maximum atomic E-state index is 14.8. The molecule has 0 amide bonds. The van der Waals surface area contributed by atoms with E-state index in [0.29, 0.717) is 12.8 Å². The molecule has 46 heavy (non-hydrogen) atoms. The molecule has 0 radical (unpaired) electrons. The molecule has 0 aromatic heterocycles. The van der Waals surface area contributed by atoms with Gasteiger partial charge in [-0.3, -0.25) is 0 Å². The first-order chi connectivity index (χ1) is 20.3. The van der Waals surface area contributed by atoms with Gasteiger partial charge in [0.1, 0.15) is 0 Å². The van der Waals surface area contributed by atoms with E-state index in [2.05, 4.69) is 0 Å². The molecule has 0 aliphatic heterocycles. The van der Waals surface area contributed by atoms with E-state index in [9.17, 15) is 74.6 Å². The highest BCUT2D eigenvalue weighted by molar-refractivity contribution is 5.15. The lowest BCUT2D eigenvalue weighted by molar-refractivity contribution is -0.462. The lowest BCUT2D eigenvalue weighted by atomic mass is 9.85. The summed E-state index contributed by atoms with van der Waals surface area (Å²) in [6.45, 7) is 8.62. The summed E-state index contributed by atoms with van der Waals surface area (Å²) in [5.41, 5.74) is 0. The van der Waals surface area contributed by atoms with Crippen molar-refractivity contribution in [1.82, 2.24) is 0 Å². The molecular formula is C27H39F17O2. The third-order valence-electron chi connectivity index (χ3n) is 7.19. The fourth-order valence-electron chi connectivity index (χ4n) is 4.56. The minimum atomic E-state index is -8.65. The van der Waals surface area contributed by atoms with Gasteiger partial charge < -0.3 is 9.47 Å². The molecule has 278 valence electrons. The Morgan fingerprint density at radius 3 is 1.15 bits per heavy atom. The molecule has 19 heteroatoms. The first-order valence-electron chi connectivity index (χ1n) is 14.3. The van der Waals surface area contributed by atoms with Crippen LogP contribution in [0, 0.1) is 5.92 Å². The van der Waals surface area contributed by atoms with Gasteiger partial charge in [0.2, 0.25) is 0 Å². The van der Waals surface area contributed by atoms with Gasteiger partial charge in [0, 0.05) is 18.8 Å². The normalized spacial score (nSPS) is 16.1. The lowest BCUT2D eigenvalue weighted by Crippen LogP contribution is -2.74. The van der Waals surface area contributed by atoms with Gasteiger partial charge in [-0.05, 0) is 34.1 Å². The van der Waals surface area contributed by atoms with Crippen molar-refractivity contribution in [3.63, 3.8) is 0 Å². The van der Waals surface area contributed by atoms with E-state index >= 15 is 0 Å². The Labute approximate surface area is 255 Å². The zero-order valence-corrected chi connectivity index (χ0v) is 25.8. The van der Waals surface area contributed by atoms with Crippen molar-refractivity contribution in [1.29, 1.82) is 0 Å². The average Bonchev–Trinajstić information content (AvgIpc) is 2.87. The van der Waals surface area contributed by atoms with Gasteiger partial charge in [-0.25, -0.2) is 0 Å². The van der Waals surface area contributed by atoms with Gasteiger partial charge in [0.15, 0.2) is 5.79 Å². The smallest absolute Gasteiger partial charge is 0.347 e. The SMILES string of the molecule is CCCCCCCCC(C)C(CCC(F)(F)C(F)(F)C(F)(F)C(F)(F)C(F)(F)C(F)(F)C(F)(F)C(F)(F)F)(OC(C)C)OC(C)C. The van der Waals surface area contributed by atoms with Crippen LogP contribution in [0.3, 0.4) is 0 Å². The molecule has 0 spiro atoms. The van der Waals surface area contributed by atoms with Gasteiger partial charge in [0.25, 0.3) is 0 Å². The molecular weight excluding hydrogens is 679 g/mol.